The van der Waals surface area contributed by atoms with Crippen LogP contribution in [-0.4, -0.2) is 21.4 Å². The summed E-state index contributed by atoms with van der Waals surface area (Å²) in [7, 11) is -2.26. The Labute approximate surface area is 205 Å². The zero-order valence-corrected chi connectivity index (χ0v) is 20.1. The fourth-order valence-electron chi connectivity index (χ4n) is 3.59. The van der Waals surface area contributed by atoms with Gasteiger partial charge in [-0.25, -0.2) is 8.42 Å². The summed E-state index contributed by atoms with van der Waals surface area (Å²) in [6, 6.07) is 31.8. The van der Waals surface area contributed by atoms with Crippen molar-refractivity contribution in [3.8, 4) is 5.75 Å². The van der Waals surface area contributed by atoms with Crippen molar-refractivity contribution in [2.45, 2.75) is 18.0 Å². The van der Waals surface area contributed by atoms with E-state index in [9.17, 15) is 13.2 Å². The van der Waals surface area contributed by atoms with Crippen LogP contribution in [0.5, 0.6) is 5.75 Å². The molecular formula is C28H26N2O4S. The van der Waals surface area contributed by atoms with E-state index < -0.39 is 10.0 Å². The molecule has 35 heavy (non-hydrogen) atoms. The monoisotopic (exact) mass is 486 g/mol. The minimum Gasteiger partial charge on any atom is -0.497 e. The van der Waals surface area contributed by atoms with Crippen molar-refractivity contribution in [2.24, 2.45) is 0 Å². The lowest BCUT2D eigenvalue weighted by Gasteiger charge is -2.25. The molecule has 0 heterocycles. The molecule has 6 nitrogen and oxygen atoms in total. The van der Waals surface area contributed by atoms with Crippen LogP contribution in [-0.2, 0) is 23.1 Å². The second-order valence-corrected chi connectivity index (χ2v) is 9.75. The van der Waals surface area contributed by atoms with Gasteiger partial charge in [0.1, 0.15) is 5.75 Å². The predicted molar refractivity (Wildman–Crippen MR) is 137 cm³/mol. The number of methoxy groups -OCH3 is 1. The molecule has 0 saturated heterocycles. The molecule has 0 aliphatic heterocycles. The molecule has 0 bridgehead atoms. The van der Waals surface area contributed by atoms with E-state index in [1.165, 1.54) is 4.31 Å². The van der Waals surface area contributed by atoms with Crippen LogP contribution in [0.4, 0.5) is 5.69 Å². The number of amides is 1. The van der Waals surface area contributed by atoms with Crippen LogP contribution in [0.3, 0.4) is 0 Å². The van der Waals surface area contributed by atoms with Crippen LogP contribution in [0.15, 0.2) is 114 Å². The number of hydrogen-bond donors (Lipinski definition) is 1. The molecule has 1 amide bonds. The van der Waals surface area contributed by atoms with Crippen molar-refractivity contribution in [2.75, 3.05) is 11.4 Å². The molecule has 0 spiro atoms. The van der Waals surface area contributed by atoms with Crippen molar-refractivity contribution in [1.29, 1.82) is 0 Å². The van der Waals surface area contributed by atoms with Crippen LogP contribution in [0.25, 0.3) is 0 Å². The van der Waals surface area contributed by atoms with Gasteiger partial charge in [0.2, 0.25) is 0 Å². The summed E-state index contributed by atoms with van der Waals surface area (Å²) in [5.41, 5.74) is 2.78. The van der Waals surface area contributed by atoms with E-state index >= 15 is 0 Å². The lowest BCUT2D eigenvalue weighted by atomic mass is 10.1. The number of hydrogen-bond acceptors (Lipinski definition) is 4. The highest BCUT2D eigenvalue weighted by molar-refractivity contribution is 7.92. The van der Waals surface area contributed by atoms with E-state index in [2.05, 4.69) is 5.32 Å². The molecule has 178 valence electrons. The maximum Gasteiger partial charge on any atom is 0.264 e. The largest absolute Gasteiger partial charge is 0.497 e. The molecule has 0 aromatic heterocycles. The number of ether oxygens (including phenoxy) is 1. The number of rotatable bonds is 9. The Morgan fingerprint density at radius 3 is 1.97 bits per heavy atom. The van der Waals surface area contributed by atoms with Crippen molar-refractivity contribution < 1.29 is 17.9 Å². The zero-order chi connectivity index (χ0) is 24.7. The van der Waals surface area contributed by atoms with Gasteiger partial charge in [-0.05, 0) is 59.7 Å². The van der Waals surface area contributed by atoms with Gasteiger partial charge in [-0.1, -0.05) is 60.7 Å². The highest BCUT2D eigenvalue weighted by Crippen LogP contribution is 2.27. The average Bonchev–Trinajstić information content (AvgIpc) is 2.92. The van der Waals surface area contributed by atoms with Gasteiger partial charge in [-0.2, -0.15) is 0 Å². The number of carbonyl (C=O) groups excluding carboxylic acids is 1. The fraction of sp³-hybridized carbons (Fsp3) is 0.107. The summed E-state index contributed by atoms with van der Waals surface area (Å²) in [4.78, 5) is 12.7. The Balaban J connectivity index is 1.55. The quantitative estimate of drug-likeness (QED) is 0.360. The number of sulfonamides is 1. The SMILES string of the molecule is COc1ccc(N(Cc2ccc(C(=O)NCc3ccccc3)cc2)S(=O)(=O)c2ccccc2)cc1. The van der Waals surface area contributed by atoms with Gasteiger partial charge in [-0.3, -0.25) is 9.10 Å². The topological polar surface area (TPSA) is 75.7 Å². The summed E-state index contributed by atoms with van der Waals surface area (Å²) in [5, 5.41) is 2.90. The van der Waals surface area contributed by atoms with Crippen molar-refractivity contribution in [3.63, 3.8) is 0 Å². The van der Waals surface area contributed by atoms with Gasteiger partial charge in [0.15, 0.2) is 0 Å². The number of nitrogens with one attached hydrogen (secondary N) is 1. The maximum atomic E-state index is 13.5. The third kappa shape index (κ3) is 5.88. The first-order chi connectivity index (χ1) is 17.0. The Bertz CT molecular complexity index is 1360. The third-order valence-corrected chi connectivity index (χ3v) is 7.32. The van der Waals surface area contributed by atoms with Crippen LogP contribution in [0.2, 0.25) is 0 Å². The molecule has 0 aliphatic carbocycles. The molecule has 1 N–H and O–H groups in total. The Morgan fingerprint density at radius 2 is 1.37 bits per heavy atom. The summed E-state index contributed by atoms with van der Waals surface area (Å²) in [6.07, 6.45) is 0. The molecular weight excluding hydrogens is 460 g/mol. The first-order valence-electron chi connectivity index (χ1n) is 11.1. The second-order valence-electron chi connectivity index (χ2n) is 7.89. The lowest BCUT2D eigenvalue weighted by molar-refractivity contribution is 0.0951. The minimum absolute atomic E-state index is 0.107. The van der Waals surface area contributed by atoms with Gasteiger partial charge in [0, 0.05) is 12.1 Å². The lowest BCUT2D eigenvalue weighted by Crippen LogP contribution is -2.30. The molecule has 0 saturated carbocycles. The van der Waals surface area contributed by atoms with Crippen molar-refractivity contribution in [3.05, 3.63) is 126 Å². The molecule has 4 aromatic carbocycles. The fourth-order valence-corrected chi connectivity index (χ4v) is 5.06. The number of nitrogens with zero attached hydrogens (tertiary/aromatic N) is 1. The Hall–Kier alpha value is -4.10. The Morgan fingerprint density at radius 1 is 0.771 bits per heavy atom. The standard InChI is InChI=1S/C28H26N2O4S/c1-34-26-18-16-25(17-19-26)30(35(32,33)27-10-6-3-7-11-27)21-23-12-14-24(15-13-23)28(31)29-20-22-8-4-2-5-9-22/h2-19H,20-21H2,1H3,(H,29,31). The summed E-state index contributed by atoms with van der Waals surface area (Å²) in [5.74, 6) is 0.445. The Kier molecular flexibility index (Phi) is 7.48. The normalized spacial score (nSPS) is 11.0. The van der Waals surface area contributed by atoms with E-state index in [4.69, 9.17) is 4.74 Å². The minimum atomic E-state index is -3.82. The first kappa shape index (κ1) is 24.0. The molecule has 0 radical (unpaired) electrons. The summed E-state index contributed by atoms with van der Waals surface area (Å²) in [6.45, 7) is 0.539. The van der Waals surface area contributed by atoms with Gasteiger partial charge >= 0.3 is 0 Å². The van der Waals surface area contributed by atoms with E-state index in [-0.39, 0.29) is 17.3 Å². The van der Waals surface area contributed by atoms with E-state index in [0.29, 0.717) is 23.5 Å². The number of carbonyl (C=O) groups is 1. The summed E-state index contributed by atoms with van der Waals surface area (Å²) >= 11 is 0. The number of benzene rings is 4. The van der Waals surface area contributed by atoms with Crippen LogP contribution >= 0.6 is 0 Å². The van der Waals surface area contributed by atoms with Crippen LogP contribution in [0, 0.1) is 0 Å². The number of anilines is 1. The van der Waals surface area contributed by atoms with Crippen molar-refractivity contribution >= 4 is 21.6 Å². The van der Waals surface area contributed by atoms with Crippen LogP contribution < -0.4 is 14.4 Å². The van der Waals surface area contributed by atoms with E-state index in [1.54, 1.807) is 86.0 Å². The van der Waals surface area contributed by atoms with Gasteiger partial charge in [0.25, 0.3) is 15.9 Å². The molecule has 0 fully saturated rings. The van der Waals surface area contributed by atoms with Gasteiger partial charge in [0.05, 0.1) is 24.2 Å². The maximum absolute atomic E-state index is 13.5. The first-order valence-corrected chi connectivity index (χ1v) is 12.5. The van der Waals surface area contributed by atoms with Crippen LogP contribution in [0.1, 0.15) is 21.5 Å². The van der Waals surface area contributed by atoms with Gasteiger partial charge in [-0.15, -0.1) is 0 Å². The highest BCUT2D eigenvalue weighted by atomic mass is 32.2. The molecule has 4 rings (SSSR count). The molecule has 7 heteroatoms. The highest BCUT2D eigenvalue weighted by Gasteiger charge is 2.25. The predicted octanol–water partition coefficient (Wildman–Crippen LogP) is 5.02. The second kappa shape index (κ2) is 10.9. The molecule has 0 atom stereocenters. The van der Waals surface area contributed by atoms with E-state index in [0.717, 1.165) is 11.1 Å². The molecule has 0 unspecified atom stereocenters. The molecule has 0 aliphatic rings. The van der Waals surface area contributed by atoms with Gasteiger partial charge < -0.3 is 10.1 Å². The van der Waals surface area contributed by atoms with Crippen molar-refractivity contribution in [1.82, 2.24) is 5.32 Å². The third-order valence-electron chi connectivity index (χ3n) is 5.53. The smallest absolute Gasteiger partial charge is 0.264 e. The summed E-state index contributed by atoms with van der Waals surface area (Å²) < 4.78 is 33.6. The zero-order valence-electron chi connectivity index (χ0n) is 19.3. The average molecular weight is 487 g/mol. The molecule has 4 aromatic rings. The van der Waals surface area contributed by atoms with E-state index in [1.807, 2.05) is 30.3 Å².